The first-order chi connectivity index (χ1) is 9.27. The number of nitriles is 1. The second kappa shape index (κ2) is 9.35. The van der Waals surface area contributed by atoms with E-state index in [9.17, 15) is 4.39 Å². The van der Waals surface area contributed by atoms with Gasteiger partial charge in [-0.15, -0.1) is 0 Å². The minimum absolute atomic E-state index is 0.288. The molecule has 1 N–H and O–H groups in total. The van der Waals surface area contributed by atoms with Crippen LogP contribution in [0.25, 0.3) is 0 Å². The summed E-state index contributed by atoms with van der Waals surface area (Å²) in [5, 5.41) is 11.6. The lowest BCUT2D eigenvalue weighted by atomic mass is 10.2. The molecule has 0 bridgehead atoms. The third-order valence-corrected chi connectivity index (χ3v) is 2.69. The molecule has 0 saturated heterocycles. The second-order valence-corrected chi connectivity index (χ2v) is 4.41. The Bertz CT molecular complexity index is 415. The molecule has 0 aliphatic carbocycles. The lowest BCUT2D eigenvalue weighted by Gasteiger charge is -2.09. The first-order valence-corrected chi connectivity index (χ1v) is 6.76. The molecule has 0 radical (unpaired) electrons. The third kappa shape index (κ3) is 6.21. The average molecular weight is 264 g/mol. The number of ether oxygens (including phenoxy) is 1. The number of benzene rings is 1. The highest BCUT2D eigenvalue weighted by atomic mass is 19.1. The van der Waals surface area contributed by atoms with Crippen LogP contribution in [-0.2, 0) is 6.54 Å². The molecule has 0 spiro atoms. The zero-order valence-corrected chi connectivity index (χ0v) is 11.4. The average Bonchev–Trinajstić information content (AvgIpc) is 2.41. The van der Waals surface area contributed by atoms with Gasteiger partial charge in [-0.05, 0) is 43.5 Å². The zero-order valence-electron chi connectivity index (χ0n) is 11.4. The van der Waals surface area contributed by atoms with Gasteiger partial charge >= 0.3 is 0 Å². The predicted molar refractivity (Wildman–Crippen MR) is 73.4 cm³/mol. The highest BCUT2D eigenvalue weighted by molar-refractivity contribution is 5.29. The van der Waals surface area contributed by atoms with Crippen molar-refractivity contribution in [2.24, 2.45) is 0 Å². The summed E-state index contributed by atoms with van der Waals surface area (Å²) in [6.45, 7) is 4.15. The van der Waals surface area contributed by atoms with Crippen molar-refractivity contribution in [3.05, 3.63) is 29.6 Å². The van der Waals surface area contributed by atoms with Crippen molar-refractivity contribution in [2.45, 2.75) is 39.2 Å². The summed E-state index contributed by atoms with van der Waals surface area (Å²) >= 11 is 0. The van der Waals surface area contributed by atoms with Crippen LogP contribution >= 0.6 is 0 Å². The number of halogens is 1. The summed E-state index contributed by atoms with van der Waals surface area (Å²) in [7, 11) is 0. The fraction of sp³-hybridized carbons (Fsp3) is 0.533. The van der Waals surface area contributed by atoms with Crippen molar-refractivity contribution in [2.75, 3.05) is 13.2 Å². The van der Waals surface area contributed by atoms with Gasteiger partial charge in [-0.25, -0.2) is 4.39 Å². The first kappa shape index (κ1) is 15.5. The summed E-state index contributed by atoms with van der Waals surface area (Å²) < 4.78 is 19.1. The monoisotopic (exact) mass is 264 g/mol. The van der Waals surface area contributed by atoms with E-state index < -0.39 is 0 Å². The maximum absolute atomic E-state index is 13.7. The van der Waals surface area contributed by atoms with E-state index in [2.05, 4.69) is 18.3 Å². The molecule has 3 nitrogen and oxygen atoms in total. The van der Waals surface area contributed by atoms with Gasteiger partial charge in [-0.3, -0.25) is 0 Å². The largest absolute Gasteiger partial charge is 0.491 e. The molecule has 19 heavy (non-hydrogen) atoms. The van der Waals surface area contributed by atoms with E-state index in [1.165, 1.54) is 6.07 Å². The molecule has 0 aliphatic rings. The maximum atomic E-state index is 13.7. The van der Waals surface area contributed by atoms with E-state index in [1.807, 2.05) is 6.07 Å². The predicted octanol–water partition coefficient (Wildman–Crippen LogP) is 3.40. The SMILES string of the molecule is CCCNCc1ccc(OCCCCC#N)c(F)c1. The minimum atomic E-state index is -0.323. The van der Waals surface area contributed by atoms with Crippen LogP contribution in [0.15, 0.2) is 18.2 Å². The van der Waals surface area contributed by atoms with Gasteiger partial charge in [0.15, 0.2) is 11.6 Å². The summed E-state index contributed by atoms with van der Waals surface area (Å²) in [5.41, 5.74) is 0.919. The molecule has 0 saturated carbocycles. The van der Waals surface area contributed by atoms with E-state index >= 15 is 0 Å². The highest BCUT2D eigenvalue weighted by Gasteiger charge is 2.04. The van der Waals surface area contributed by atoms with Crippen LogP contribution in [0.5, 0.6) is 5.75 Å². The molecule has 1 aromatic carbocycles. The third-order valence-electron chi connectivity index (χ3n) is 2.69. The smallest absolute Gasteiger partial charge is 0.165 e. The molecule has 104 valence electrons. The van der Waals surface area contributed by atoms with Gasteiger partial charge in [0.25, 0.3) is 0 Å². The number of nitrogens with zero attached hydrogens (tertiary/aromatic N) is 1. The van der Waals surface area contributed by atoms with Crippen LogP contribution in [-0.4, -0.2) is 13.2 Å². The Hall–Kier alpha value is -1.60. The van der Waals surface area contributed by atoms with Crippen molar-refractivity contribution in [1.29, 1.82) is 5.26 Å². The summed E-state index contributed by atoms with van der Waals surface area (Å²) in [6, 6.07) is 7.12. The first-order valence-electron chi connectivity index (χ1n) is 6.76. The van der Waals surface area contributed by atoms with Crippen molar-refractivity contribution >= 4 is 0 Å². The fourth-order valence-electron chi connectivity index (χ4n) is 1.67. The Morgan fingerprint density at radius 3 is 2.89 bits per heavy atom. The minimum Gasteiger partial charge on any atom is -0.491 e. The van der Waals surface area contributed by atoms with E-state index in [4.69, 9.17) is 10.00 Å². The Labute approximate surface area is 114 Å². The van der Waals surface area contributed by atoms with E-state index in [-0.39, 0.29) is 11.6 Å². The molecular formula is C15H21FN2O. The van der Waals surface area contributed by atoms with E-state index in [1.54, 1.807) is 6.07 Å². The van der Waals surface area contributed by atoms with Crippen LogP contribution in [0, 0.1) is 17.1 Å². The number of nitrogens with one attached hydrogen (secondary N) is 1. The normalized spacial score (nSPS) is 10.2. The fourth-order valence-corrected chi connectivity index (χ4v) is 1.67. The molecule has 1 aromatic rings. The Balaban J connectivity index is 2.37. The maximum Gasteiger partial charge on any atom is 0.165 e. The van der Waals surface area contributed by atoms with Crippen molar-refractivity contribution in [1.82, 2.24) is 5.32 Å². The molecule has 0 heterocycles. The van der Waals surface area contributed by atoms with Crippen molar-refractivity contribution in [3.8, 4) is 11.8 Å². The van der Waals surface area contributed by atoms with Crippen LogP contribution in [0.2, 0.25) is 0 Å². The van der Waals surface area contributed by atoms with Crippen LogP contribution < -0.4 is 10.1 Å². The van der Waals surface area contributed by atoms with Gasteiger partial charge in [0.05, 0.1) is 12.7 Å². The zero-order chi connectivity index (χ0) is 13.9. The lowest BCUT2D eigenvalue weighted by Crippen LogP contribution is -2.13. The standard InChI is InChI=1S/C15H21FN2O/c1-2-9-18-12-13-6-7-15(14(16)11-13)19-10-5-3-4-8-17/h6-7,11,18H,2-5,9-10,12H2,1H3. The number of rotatable bonds is 9. The quantitative estimate of drug-likeness (QED) is 0.695. The molecule has 0 aliphatic heterocycles. The molecule has 0 aromatic heterocycles. The summed E-state index contributed by atoms with van der Waals surface area (Å²) in [5.74, 6) is -0.0349. The van der Waals surface area contributed by atoms with E-state index in [0.29, 0.717) is 19.6 Å². The van der Waals surface area contributed by atoms with Crippen molar-refractivity contribution in [3.63, 3.8) is 0 Å². The van der Waals surface area contributed by atoms with Crippen molar-refractivity contribution < 1.29 is 9.13 Å². The topological polar surface area (TPSA) is 45.0 Å². The van der Waals surface area contributed by atoms with E-state index in [0.717, 1.165) is 31.4 Å². The Morgan fingerprint density at radius 2 is 2.21 bits per heavy atom. The molecule has 1 rings (SSSR count). The summed E-state index contributed by atoms with van der Waals surface area (Å²) in [4.78, 5) is 0. The second-order valence-electron chi connectivity index (χ2n) is 4.41. The molecule has 0 atom stereocenters. The van der Waals surface area contributed by atoms with Gasteiger partial charge in [-0.1, -0.05) is 13.0 Å². The molecule has 4 heteroatoms. The van der Waals surface area contributed by atoms with Crippen LogP contribution in [0.3, 0.4) is 0 Å². The van der Waals surface area contributed by atoms with Gasteiger partial charge in [0.2, 0.25) is 0 Å². The highest BCUT2D eigenvalue weighted by Crippen LogP contribution is 2.18. The van der Waals surface area contributed by atoms with Gasteiger partial charge in [-0.2, -0.15) is 5.26 Å². The number of unbranched alkanes of at least 4 members (excludes halogenated alkanes) is 2. The Morgan fingerprint density at radius 1 is 1.37 bits per heavy atom. The molecule has 0 unspecified atom stereocenters. The number of hydrogen-bond acceptors (Lipinski definition) is 3. The molecular weight excluding hydrogens is 243 g/mol. The Kier molecular flexibility index (Phi) is 7.60. The van der Waals surface area contributed by atoms with Gasteiger partial charge in [0, 0.05) is 13.0 Å². The van der Waals surface area contributed by atoms with Crippen LogP contribution in [0.1, 0.15) is 38.2 Å². The van der Waals surface area contributed by atoms with Gasteiger partial charge in [0.1, 0.15) is 0 Å². The molecule has 0 fully saturated rings. The van der Waals surface area contributed by atoms with Gasteiger partial charge < -0.3 is 10.1 Å². The number of hydrogen-bond donors (Lipinski definition) is 1. The lowest BCUT2D eigenvalue weighted by molar-refractivity contribution is 0.292. The molecule has 0 amide bonds. The van der Waals surface area contributed by atoms with Crippen LogP contribution in [0.4, 0.5) is 4.39 Å². The summed E-state index contributed by atoms with van der Waals surface area (Å²) in [6.07, 6.45) is 3.14.